The monoisotopic (exact) mass is 429 g/mol. The standard InChI is InChI=1S/C18H27N3O7S/c1-5-28-18(23)21-10-8-20(9-11-21)17(22)13(2)19-29(24,25)14-6-7-15(26-3)16(12-14)27-4/h6-7,12-13,19H,5,8-11H2,1-4H3/t13-/m0/s1. The highest BCUT2D eigenvalue weighted by molar-refractivity contribution is 7.89. The summed E-state index contributed by atoms with van der Waals surface area (Å²) in [5.41, 5.74) is 0. The third kappa shape index (κ3) is 5.51. The molecule has 11 heteroatoms. The Morgan fingerprint density at radius 3 is 2.21 bits per heavy atom. The number of carbonyl (C=O) groups excluding carboxylic acids is 2. The average molecular weight is 429 g/mol. The first-order valence-corrected chi connectivity index (χ1v) is 10.7. The fourth-order valence-electron chi connectivity index (χ4n) is 2.93. The van der Waals surface area contributed by atoms with Crippen LogP contribution in [0.3, 0.4) is 0 Å². The lowest BCUT2D eigenvalue weighted by Crippen LogP contribution is -2.55. The molecule has 1 saturated heterocycles. The summed E-state index contributed by atoms with van der Waals surface area (Å²) >= 11 is 0. The molecule has 2 rings (SSSR count). The van der Waals surface area contributed by atoms with Crippen LogP contribution in [0.15, 0.2) is 23.1 Å². The molecule has 0 bridgehead atoms. The van der Waals surface area contributed by atoms with E-state index < -0.39 is 22.2 Å². The molecule has 1 aliphatic rings. The minimum absolute atomic E-state index is 0.0399. The number of carbonyl (C=O) groups is 2. The molecule has 0 aromatic heterocycles. The number of benzene rings is 1. The minimum atomic E-state index is -3.95. The summed E-state index contributed by atoms with van der Waals surface area (Å²) in [6, 6.07) is 3.21. The zero-order chi connectivity index (χ0) is 21.6. The molecule has 0 unspecified atom stereocenters. The van der Waals surface area contributed by atoms with Gasteiger partial charge in [-0.05, 0) is 26.0 Å². The van der Waals surface area contributed by atoms with Crippen LogP contribution in [0.1, 0.15) is 13.8 Å². The van der Waals surface area contributed by atoms with Crippen LogP contribution in [0.4, 0.5) is 4.79 Å². The number of nitrogens with one attached hydrogen (secondary N) is 1. The maximum absolute atomic E-state index is 12.7. The van der Waals surface area contributed by atoms with Crippen molar-refractivity contribution >= 4 is 22.0 Å². The molecule has 10 nitrogen and oxygen atoms in total. The molecule has 2 amide bonds. The molecule has 0 saturated carbocycles. The van der Waals surface area contributed by atoms with E-state index in [9.17, 15) is 18.0 Å². The van der Waals surface area contributed by atoms with Gasteiger partial charge in [-0.3, -0.25) is 4.79 Å². The molecule has 0 aliphatic carbocycles. The van der Waals surface area contributed by atoms with Crippen LogP contribution in [0.5, 0.6) is 11.5 Å². The highest BCUT2D eigenvalue weighted by Crippen LogP contribution is 2.29. The number of sulfonamides is 1. The molecule has 1 aliphatic heterocycles. The van der Waals surface area contributed by atoms with Crippen LogP contribution < -0.4 is 14.2 Å². The molecule has 1 atom stereocenters. The molecule has 162 valence electrons. The Hall–Kier alpha value is -2.53. The predicted molar refractivity (Wildman–Crippen MR) is 105 cm³/mol. The van der Waals surface area contributed by atoms with Crippen molar-refractivity contribution in [2.75, 3.05) is 47.0 Å². The van der Waals surface area contributed by atoms with Crippen LogP contribution in [-0.4, -0.2) is 83.3 Å². The fourth-order valence-corrected chi connectivity index (χ4v) is 4.14. The van der Waals surface area contributed by atoms with E-state index in [4.69, 9.17) is 14.2 Å². The average Bonchev–Trinajstić information content (AvgIpc) is 2.72. The van der Waals surface area contributed by atoms with Gasteiger partial charge in [0.15, 0.2) is 11.5 Å². The number of nitrogens with zero attached hydrogens (tertiary/aromatic N) is 2. The number of piperazine rings is 1. The highest BCUT2D eigenvalue weighted by Gasteiger charge is 2.30. The smallest absolute Gasteiger partial charge is 0.409 e. The fraction of sp³-hybridized carbons (Fsp3) is 0.556. The Morgan fingerprint density at radius 2 is 1.66 bits per heavy atom. The molecule has 1 fully saturated rings. The van der Waals surface area contributed by atoms with Gasteiger partial charge in [0, 0.05) is 32.2 Å². The van der Waals surface area contributed by atoms with E-state index in [0.717, 1.165) is 0 Å². The van der Waals surface area contributed by atoms with Crippen molar-refractivity contribution in [3.8, 4) is 11.5 Å². The Labute approximate surface area is 170 Å². The number of hydrogen-bond donors (Lipinski definition) is 1. The lowest BCUT2D eigenvalue weighted by Gasteiger charge is -2.35. The van der Waals surface area contributed by atoms with E-state index in [1.807, 2.05) is 0 Å². The first-order chi connectivity index (χ1) is 13.7. The maximum Gasteiger partial charge on any atom is 0.409 e. The van der Waals surface area contributed by atoms with Crippen molar-refractivity contribution in [1.29, 1.82) is 0 Å². The second-order valence-corrected chi connectivity index (χ2v) is 8.08. The third-order valence-corrected chi connectivity index (χ3v) is 6.02. The largest absolute Gasteiger partial charge is 0.493 e. The summed E-state index contributed by atoms with van der Waals surface area (Å²) in [5.74, 6) is 0.303. The van der Waals surface area contributed by atoms with Gasteiger partial charge in [-0.1, -0.05) is 0 Å². The number of amides is 2. The first-order valence-electron chi connectivity index (χ1n) is 9.18. The Kier molecular flexibility index (Phi) is 7.68. The molecular formula is C18H27N3O7S. The summed E-state index contributed by atoms with van der Waals surface area (Å²) in [6.07, 6.45) is -0.415. The lowest BCUT2D eigenvalue weighted by molar-refractivity contribution is -0.134. The number of hydrogen-bond acceptors (Lipinski definition) is 7. The van der Waals surface area contributed by atoms with E-state index in [1.54, 1.807) is 6.92 Å². The van der Waals surface area contributed by atoms with E-state index in [0.29, 0.717) is 31.9 Å². The van der Waals surface area contributed by atoms with E-state index in [-0.39, 0.29) is 23.2 Å². The van der Waals surface area contributed by atoms with Gasteiger partial charge in [-0.15, -0.1) is 0 Å². The quantitative estimate of drug-likeness (QED) is 0.677. The van der Waals surface area contributed by atoms with Gasteiger partial charge in [-0.25, -0.2) is 13.2 Å². The van der Waals surface area contributed by atoms with Gasteiger partial charge in [-0.2, -0.15) is 4.72 Å². The highest BCUT2D eigenvalue weighted by atomic mass is 32.2. The first kappa shape index (κ1) is 22.8. The third-order valence-electron chi connectivity index (χ3n) is 4.49. The van der Waals surface area contributed by atoms with Gasteiger partial charge in [0.05, 0.1) is 31.8 Å². The Bertz CT molecular complexity index is 836. The summed E-state index contributed by atoms with van der Waals surface area (Å²) in [4.78, 5) is 27.4. The van der Waals surface area contributed by atoms with Crippen LogP contribution in [0, 0.1) is 0 Å². The van der Waals surface area contributed by atoms with Crippen LogP contribution >= 0.6 is 0 Å². The number of methoxy groups -OCH3 is 2. The maximum atomic E-state index is 12.7. The van der Waals surface area contributed by atoms with Crippen LogP contribution in [0.25, 0.3) is 0 Å². The summed E-state index contributed by atoms with van der Waals surface area (Å²) in [7, 11) is -1.09. The SMILES string of the molecule is CCOC(=O)N1CCN(C(=O)[C@H](C)NS(=O)(=O)c2ccc(OC)c(OC)c2)CC1. The Morgan fingerprint density at radius 1 is 1.07 bits per heavy atom. The zero-order valence-electron chi connectivity index (χ0n) is 17.0. The second-order valence-electron chi connectivity index (χ2n) is 6.37. The van der Waals surface area contributed by atoms with Crippen molar-refractivity contribution in [3.63, 3.8) is 0 Å². The van der Waals surface area contributed by atoms with E-state index >= 15 is 0 Å². The van der Waals surface area contributed by atoms with Crippen LogP contribution in [0.2, 0.25) is 0 Å². The molecular weight excluding hydrogens is 402 g/mol. The van der Waals surface area contributed by atoms with Gasteiger partial charge in [0.1, 0.15) is 0 Å². The normalized spacial score (nSPS) is 15.6. The van der Waals surface area contributed by atoms with Crippen molar-refractivity contribution in [1.82, 2.24) is 14.5 Å². The van der Waals surface area contributed by atoms with Crippen molar-refractivity contribution in [3.05, 3.63) is 18.2 Å². The number of rotatable bonds is 7. The summed E-state index contributed by atoms with van der Waals surface area (Å²) < 4.78 is 42.9. The minimum Gasteiger partial charge on any atom is -0.493 e. The van der Waals surface area contributed by atoms with Crippen molar-refractivity contribution < 1.29 is 32.2 Å². The van der Waals surface area contributed by atoms with Gasteiger partial charge in [0.2, 0.25) is 15.9 Å². The summed E-state index contributed by atoms with van der Waals surface area (Å²) in [5, 5.41) is 0. The second kappa shape index (κ2) is 9.79. The van der Waals surface area contributed by atoms with Gasteiger partial charge < -0.3 is 24.0 Å². The molecule has 1 N–H and O–H groups in total. The van der Waals surface area contributed by atoms with Gasteiger partial charge >= 0.3 is 6.09 Å². The van der Waals surface area contributed by atoms with E-state index in [1.165, 1.54) is 49.1 Å². The van der Waals surface area contributed by atoms with Crippen LogP contribution in [-0.2, 0) is 19.6 Å². The molecule has 1 aromatic rings. The molecule has 1 aromatic carbocycles. The molecule has 0 radical (unpaired) electrons. The Balaban J connectivity index is 2.01. The lowest BCUT2D eigenvalue weighted by atomic mass is 10.2. The van der Waals surface area contributed by atoms with Gasteiger partial charge in [0.25, 0.3) is 0 Å². The molecule has 29 heavy (non-hydrogen) atoms. The summed E-state index contributed by atoms with van der Waals surface area (Å²) in [6.45, 7) is 4.77. The molecule has 1 heterocycles. The van der Waals surface area contributed by atoms with Crippen molar-refractivity contribution in [2.45, 2.75) is 24.8 Å². The molecule has 0 spiro atoms. The predicted octanol–water partition coefficient (Wildman–Crippen LogP) is 0.671. The zero-order valence-corrected chi connectivity index (χ0v) is 17.8. The van der Waals surface area contributed by atoms with E-state index in [2.05, 4.69) is 4.72 Å². The van der Waals surface area contributed by atoms with Crippen molar-refractivity contribution in [2.24, 2.45) is 0 Å². The number of ether oxygens (including phenoxy) is 3. The topological polar surface area (TPSA) is 114 Å².